The third-order valence-corrected chi connectivity index (χ3v) is 5.69. The number of anilines is 1. The zero-order valence-electron chi connectivity index (χ0n) is 18.3. The average Bonchev–Trinajstić information content (AvgIpc) is 2.78. The van der Waals surface area contributed by atoms with Gasteiger partial charge in [0.2, 0.25) is 17.7 Å². The number of fused-ring (bicyclic) bond motifs is 1. The van der Waals surface area contributed by atoms with Gasteiger partial charge in [0, 0.05) is 5.02 Å². The molecule has 33 heavy (non-hydrogen) atoms. The van der Waals surface area contributed by atoms with Gasteiger partial charge in [-0.05, 0) is 40.5 Å². The van der Waals surface area contributed by atoms with E-state index in [-0.39, 0.29) is 24.8 Å². The molecule has 3 rings (SSSR count). The van der Waals surface area contributed by atoms with Crippen molar-refractivity contribution in [3.63, 3.8) is 0 Å². The molecule has 172 valence electrons. The van der Waals surface area contributed by atoms with Crippen LogP contribution in [0.15, 0.2) is 60.7 Å². The summed E-state index contributed by atoms with van der Waals surface area (Å²) in [7, 11) is 0. The maximum atomic E-state index is 12.7. The highest BCUT2D eigenvalue weighted by molar-refractivity contribution is 6.35. The third-order valence-electron chi connectivity index (χ3n) is 5.12. The normalized spacial score (nSPS) is 11.8. The minimum absolute atomic E-state index is 0.144. The van der Waals surface area contributed by atoms with E-state index in [4.69, 9.17) is 23.2 Å². The lowest BCUT2D eigenvalue weighted by molar-refractivity contribution is -0.130. The number of halogens is 2. The van der Waals surface area contributed by atoms with Gasteiger partial charge in [0.05, 0.1) is 23.7 Å². The van der Waals surface area contributed by atoms with Crippen molar-refractivity contribution in [2.24, 2.45) is 5.92 Å². The van der Waals surface area contributed by atoms with Crippen molar-refractivity contribution in [2.75, 3.05) is 11.9 Å². The quantitative estimate of drug-likeness (QED) is 0.436. The standard InChI is InChI=1S/C25H25Cl2N3O3/c1-15(2)24(25(33)28-14-23(32)29-21-13-18(26)10-11-20(21)27)30-22(31)12-17-8-5-7-16-6-3-4-9-19(16)17/h3-11,13,15,24H,12,14H2,1-2H3,(H,28,33)(H,29,32)(H,30,31)/t24-/m1/s1. The fourth-order valence-electron chi connectivity index (χ4n) is 3.44. The molecule has 3 amide bonds. The van der Waals surface area contributed by atoms with E-state index in [1.54, 1.807) is 12.1 Å². The van der Waals surface area contributed by atoms with E-state index in [0.717, 1.165) is 16.3 Å². The molecule has 3 N–H and O–H groups in total. The number of hydrogen-bond acceptors (Lipinski definition) is 3. The van der Waals surface area contributed by atoms with E-state index in [2.05, 4.69) is 16.0 Å². The Kier molecular flexibility index (Phi) is 8.31. The maximum Gasteiger partial charge on any atom is 0.243 e. The molecule has 0 saturated carbocycles. The molecule has 6 nitrogen and oxygen atoms in total. The number of hydrogen-bond donors (Lipinski definition) is 3. The Hall–Kier alpha value is -3.09. The highest BCUT2D eigenvalue weighted by Crippen LogP contribution is 2.25. The monoisotopic (exact) mass is 485 g/mol. The first-order valence-electron chi connectivity index (χ1n) is 10.5. The lowest BCUT2D eigenvalue weighted by Crippen LogP contribution is -2.51. The van der Waals surface area contributed by atoms with Crippen LogP contribution in [0.4, 0.5) is 5.69 Å². The summed E-state index contributed by atoms with van der Waals surface area (Å²) in [5.41, 5.74) is 1.23. The average molecular weight is 486 g/mol. The van der Waals surface area contributed by atoms with E-state index < -0.39 is 17.9 Å². The van der Waals surface area contributed by atoms with Crippen LogP contribution < -0.4 is 16.0 Å². The predicted molar refractivity (Wildman–Crippen MR) is 133 cm³/mol. The molecule has 0 aliphatic rings. The summed E-state index contributed by atoms with van der Waals surface area (Å²) in [5.74, 6) is -1.34. The van der Waals surface area contributed by atoms with Gasteiger partial charge in [0.15, 0.2) is 0 Å². The second-order valence-electron chi connectivity index (χ2n) is 7.99. The molecule has 0 heterocycles. The number of nitrogens with one attached hydrogen (secondary N) is 3. The Morgan fingerprint density at radius 1 is 0.909 bits per heavy atom. The molecule has 0 fully saturated rings. The van der Waals surface area contributed by atoms with Crippen LogP contribution in [0.1, 0.15) is 19.4 Å². The molecule has 0 aromatic heterocycles. The van der Waals surface area contributed by atoms with Crippen molar-refractivity contribution < 1.29 is 14.4 Å². The zero-order valence-corrected chi connectivity index (χ0v) is 19.8. The molecular formula is C25H25Cl2N3O3. The van der Waals surface area contributed by atoms with Crippen LogP contribution in [0.3, 0.4) is 0 Å². The van der Waals surface area contributed by atoms with Gasteiger partial charge >= 0.3 is 0 Å². The number of carbonyl (C=O) groups excluding carboxylic acids is 3. The summed E-state index contributed by atoms with van der Waals surface area (Å²) in [4.78, 5) is 37.7. The van der Waals surface area contributed by atoms with Crippen LogP contribution in [0.2, 0.25) is 10.0 Å². The van der Waals surface area contributed by atoms with Crippen LogP contribution in [-0.2, 0) is 20.8 Å². The molecule has 0 aliphatic heterocycles. The number of carbonyl (C=O) groups is 3. The SMILES string of the molecule is CC(C)[C@@H](NC(=O)Cc1cccc2ccccc12)C(=O)NCC(=O)Nc1cc(Cl)ccc1Cl. The topological polar surface area (TPSA) is 87.3 Å². The maximum absolute atomic E-state index is 12.7. The minimum atomic E-state index is -0.782. The van der Waals surface area contributed by atoms with Crippen molar-refractivity contribution in [3.05, 3.63) is 76.3 Å². The lowest BCUT2D eigenvalue weighted by Gasteiger charge is -2.22. The fraction of sp³-hybridized carbons (Fsp3) is 0.240. The Labute approximate surface area is 202 Å². The molecule has 1 atom stereocenters. The van der Waals surface area contributed by atoms with Crippen molar-refractivity contribution in [1.82, 2.24) is 10.6 Å². The Morgan fingerprint density at radius 3 is 2.39 bits per heavy atom. The van der Waals surface area contributed by atoms with E-state index in [1.807, 2.05) is 56.3 Å². The van der Waals surface area contributed by atoms with Gasteiger partial charge in [-0.25, -0.2) is 0 Å². The van der Waals surface area contributed by atoms with Crippen LogP contribution in [0.5, 0.6) is 0 Å². The van der Waals surface area contributed by atoms with E-state index >= 15 is 0 Å². The Morgan fingerprint density at radius 2 is 1.64 bits per heavy atom. The van der Waals surface area contributed by atoms with Gasteiger partial charge in [-0.2, -0.15) is 0 Å². The molecule has 0 spiro atoms. The Balaban J connectivity index is 1.58. The minimum Gasteiger partial charge on any atom is -0.345 e. The molecule has 0 radical (unpaired) electrons. The molecule has 3 aromatic rings. The third kappa shape index (κ3) is 6.70. The largest absolute Gasteiger partial charge is 0.345 e. The van der Waals surface area contributed by atoms with Crippen molar-refractivity contribution in [2.45, 2.75) is 26.3 Å². The number of benzene rings is 3. The highest BCUT2D eigenvalue weighted by atomic mass is 35.5. The van der Waals surface area contributed by atoms with E-state index in [0.29, 0.717) is 15.7 Å². The number of rotatable bonds is 8. The van der Waals surface area contributed by atoms with Crippen LogP contribution in [0, 0.1) is 5.92 Å². The molecule has 0 saturated heterocycles. The molecule has 0 aliphatic carbocycles. The summed E-state index contributed by atoms with van der Waals surface area (Å²) >= 11 is 12.0. The Bertz CT molecular complexity index is 1180. The first-order chi connectivity index (χ1) is 15.7. The van der Waals surface area contributed by atoms with Crippen LogP contribution >= 0.6 is 23.2 Å². The smallest absolute Gasteiger partial charge is 0.243 e. The van der Waals surface area contributed by atoms with Gasteiger partial charge < -0.3 is 16.0 Å². The lowest BCUT2D eigenvalue weighted by atomic mass is 10.0. The summed E-state index contributed by atoms with van der Waals surface area (Å²) in [5, 5.41) is 10.8. The van der Waals surface area contributed by atoms with Gasteiger partial charge in [0.1, 0.15) is 6.04 Å². The molecule has 8 heteroatoms. The van der Waals surface area contributed by atoms with Gasteiger partial charge in [0.25, 0.3) is 0 Å². The second kappa shape index (κ2) is 11.2. The zero-order chi connectivity index (χ0) is 24.0. The van der Waals surface area contributed by atoms with Crippen molar-refractivity contribution in [3.8, 4) is 0 Å². The summed E-state index contributed by atoms with van der Waals surface area (Å²) in [6.07, 6.45) is 0.144. The second-order valence-corrected chi connectivity index (χ2v) is 8.84. The molecule has 0 unspecified atom stereocenters. The molecule has 0 bridgehead atoms. The first kappa shape index (κ1) is 24.6. The van der Waals surface area contributed by atoms with Gasteiger partial charge in [-0.1, -0.05) is 79.5 Å². The summed E-state index contributed by atoms with van der Waals surface area (Å²) < 4.78 is 0. The summed E-state index contributed by atoms with van der Waals surface area (Å²) in [6, 6.07) is 17.5. The van der Waals surface area contributed by atoms with Gasteiger partial charge in [-0.15, -0.1) is 0 Å². The predicted octanol–water partition coefficient (Wildman–Crippen LogP) is 4.58. The van der Waals surface area contributed by atoms with Crippen LogP contribution in [0.25, 0.3) is 10.8 Å². The van der Waals surface area contributed by atoms with Crippen molar-refractivity contribution in [1.29, 1.82) is 0 Å². The van der Waals surface area contributed by atoms with Gasteiger partial charge in [-0.3, -0.25) is 14.4 Å². The van der Waals surface area contributed by atoms with E-state index in [1.165, 1.54) is 6.07 Å². The fourth-order valence-corrected chi connectivity index (χ4v) is 3.78. The highest BCUT2D eigenvalue weighted by Gasteiger charge is 2.25. The number of amides is 3. The van der Waals surface area contributed by atoms with E-state index in [9.17, 15) is 14.4 Å². The first-order valence-corrected chi connectivity index (χ1v) is 11.3. The van der Waals surface area contributed by atoms with Crippen molar-refractivity contribution >= 4 is 57.4 Å². The summed E-state index contributed by atoms with van der Waals surface area (Å²) in [6.45, 7) is 3.38. The molecule has 3 aromatic carbocycles. The molecular weight excluding hydrogens is 461 g/mol. The van der Waals surface area contributed by atoms with Crippen LogP contribution in [-0.4, -0.2) is 30.3 Å².